The third-order valence-electron chi connectivity index (χ3n) is 2.02. The topological polar surface area (TPSA) is 64.6 Å². The van der Waals surface area contributed by atoms with E-state index in [0.29, 0.717) is 6.54 Å². The molecule has 15 heavy (non-hydrogen) atoms. The number of amides is 1. The van der Waals surface area contributed by atoms with Crippen molar-refractivity contribution in [2.24, 2.45) is 0 Å². The molecule has 1 amide bonds. The molecule has 0 heterocycles. The molecule has 0 saturated carbocycles. The van der Waals surface area contributed by atoms with Gasteiger partial charge in [0.15, 0.2) is 0 Å². The maximum Gasteiger partial charge on any atom is 0.307 e. The summed E-state index contributed by atoms with van der Waals surface area (Å²) in [7, 11) is 2.87. The highest BCUT2D eigenvalue weighted by Crippen LogP contribution is 2.11. The first-order chi connectivity index (χ1) is 6.91. The first-order valence-corrected chi connectivity index (χ1v) is 4.80. The molecule has 88 valence electrons. The van der Waals surface area contributed by atoms with E-state index < -0.39 is 5.60 Å². The summed E-state index contributed by atoms with van der Waals surface area (Å²) in [6.07, 6.45) is 0.459. The molecule has 0 bridgehead atoms. The van der Waals surface area contributed by atoms with Crippen LogP contribution < -0.4 is 5.32 Å². The molecule has 0 rings (SSSR count). The summed E-state index contributed by atoms with van der Waals surface area (Å²) in [6, 6.07) is 0. The minimum absolute atomic E-state index is 0.134. The van der Waals surface area contributed by atoms with Crippen LogP contribution in [0.25, 0.3) is 0 Å². The van der Waals surface area contributed by atoms with Crippen LogP contribution in [0.5, 0.6) is 0 Å². The molecule has 5 heteroatoms. The summed E-state index contributed by atoms with van der Waals surface area (Å²) in [5, 5.41) is 2.62. The SMILES string of the molecule is COC(=O)CCNC(=O)CC(C)(C)OC. The van der Waals surface area contributed by atoms with Gasteiger partial charge in [-0.15, -0.1) is 0 Å². The van der Waals surface area contributed by atoms with Gasteiger partial charge in [0, 0.05) is 13.7 Å². The summed E-state index contributed by atoms with van der Waals surface area (Å²) >= 11 is 0. The number of nitrogens with one attached hydrogen (secondary N) is 1. The Morgan fingerprint density at radius 3 is 2.33 bits per heavy atom. The lowest BCUT2D eigenvalue weighted by Gasteiger charge is -2.21. The van der Waals surface area contributed by atoms with Crippen molar-refractivity contribution in [3.05, 3.63) is 0 Å². The fourth-order valence-corrected chi connectivity index (χ4v) is 0.927. The van der Waals surface area contributed by atoms with E-state index >= 15 is 0 Å². The van der Waals surface area contributed by atoms with Gasteiger partial charge < -0.3 is 14.8 Å². The Morgan fingerprint density at radius 1 is 1.27 bits per heavy atom. The lowest BCUT2D eigenvalue weighted by atomic mass is 10.1. The van der Waals surface area contributed by atoms with Crippen molar-refractivity contribution in [1.82, 2.24) is 5.32 Å². The lowest BCUT2D eigenvalue weighted by Crippen LogP contribution is -2.34. The summed E-state index contributed by atoms with van der Waals surface area (Å²) in [6.45, 7) is 3.95. The van der Waals surface area contributed by atoms with Gasteiger partial charge in [0.05, 0.1) is 25.6 Å². The molecule has 0 saturated heterocycles. The van der Waals surface area contributed by atoms with Gasteiger partial charge in [0.2, 0.25) is 5.91 Å². The van der Waals surface area contributed by atoms with Gasteiger partial charge in [-0.05, 0) is 13.8 Å². The molecule has 0 aromatic carbocycles. The Morgan fingerprint density at radius 2 is 1.87 bits per heavy atom. The standard InChI is InChI=1S/C10H19NO4/c1-10(2,15-4)7-8(12)11-6-5-9(13)14-3/h5-7H2,1-4H3,(H,11,12). The van der Waals surface area contributed by atoms with Gasteiger partial charge in [-0.2, -0.15) is 0 Å². The van der Waals surface area contributed by atoms with Crippen LogP contribution in [0, 0.1) is 0 Å². The van der Waals surface area contributed by atoms with Crippen LogP contribution >= 0.6 is 0 Å². The van der Waals surface area contributed by atoms with Gasteiger partial charge in [-0.1, -0.05) is 0 Å². The van der Waals surface area contributed by atoms with Gasteiger partial charge in [0.1, 0.15) is 0 Å². The molecular weight excluding hydrogens is 198 g/mol. The van der Waals surface area contributed by atoms with Crippen molar-refractivity contribution in [2.75, 3.05) is 20.8 Å². The number of carbonyl (C=O) groups is 2. The Labute approximate surface area is 90.1 Å². The number of hydrogen-bond acceptors (Lipinski definition) is 4. The molecule has 0 unspecified atom stereocenters. The zero-order valence-electron chi connectivity index (χ0n) is 9.75. The third kappa shape index (κ3) is 6.90. The molecule has 0 atom stereocenters. The Hall–Kier alpha value is -1.10. The number of hydrogen-bond donors (Lipinski definition) is 1. The maximum absolute atomic E-state index is 11.3. The minimum Gasteiger partial charge on any atom is -0.469 e. The van der Waals surface area contributed by atoms with E-state index in [1.807, 2.05) is 13.8 Å². The molecule has 0 aliphatic heterocycles. The predicted molar refractivity (Wildman–Crippen MR) is 55.3 cm³/mol. The highest BCUT2D eigenvalue weighted by atomic mass is 16.5. The monoisotopic (exact) mass is 217 g/mol. The molecule has 0 aromatic rings. The molecule has 0 spiro atoms. The molecule has 0 aliphatic carbocycles. The fraction of sp³-hybridized carbons (Fsp3) is 0.800. The highest BCUT2D eigenvalue weighted by Gasteiger charge is 2.20. The van der Waals surface area contributed by atoms with Crippen LogP contribution in [-0.2, 0) is 19.1 Å². The predicted octanol–water partition coefficient (Wildman–Crippen LogP) is 0.481. The van der Waals surface area contributed by atoms with Crippen molar-refractivity contribution >= 4 is 11.9 Å². The number of esters is 1. The fourth-order valence-electron chi connectivity index (χ4n) is 0.927. The molecular formula is C10H19NO4. The van der Waals surface area contributed by atoms with E-state index in [4.69, 9.17) is 4.74 Å². The Bertz CT molecular complexity index is 225. The van der Waals surface area contributed by atoms with Crippen molar-refractivity contribution in [2.45, 2.75) is 32.3 Å². The van der Waals surface area contributed by atoms with Crippen molar-refractivity contribution < 1.29 is 19.1 Å². The average Bonchev–Trinajstić information content (AvgIpc) is 2.16. The molecule has 0 fully saturated rings. The van der Waals surface area contributed by atoms with Crippen LogP contribution in [0.3, 0.4) is 0 Å². The molecule has 5 nitrogen and oxygen atoms in total. The number of ether oxygens (including phenoxy) is 2. The van der Waals surface area contributed by atoms with E-state index in [1.54, 1.807) is 7.11 Å². The van der Waals surface area contributed by atoms with E-state index in [2.05, 4.69) is 10.1 Å². The molecule has 0 radical (unpaired) electrons. The first-order valence-electron chi connectivity index (χ1n) is 4.80. The second-order valence-electron chi connectivity index (χ2n) is 3.82. The summed E-state index contributed by atoms with van der Waals surface area (Å²) < 4.78 is 9.54. The highest BCUT2D eigenvalue weighted by molar-refractivity contribution is 5.77. The maximum atomic E-state index is 11.3. The smallest absolute Gasteiger partial charge is 0.307 e. The molecule has 1 N–H and O–H groups in total. The van der Waals surface area contributed by atoms with Crippen molar-refractivity contribution in [3.8, 4) is 0 Å². The van der Waals surface area contributed by atoms with Crippen LogP contribution in [0.1, 0.15) is 26.7 Å². The summed E-state index contributed by atoms with van der Waals surface area (Å²) in [5.41, 5.74) is -0.477. The zero-order chi connectivity index (χ0) is 11.9. The zero-order valence-corrected chi connectivity index (χ0v) is 9.75. The molecule has 0 aliphatic rings. The Kier molecular flexibility index (Phi) is 5.93. The van der Waals surface area contributed by atoms with E-state index in [9.17, 15) is 9.59 Å². The van der Waals surface area contributed by atoms with Gasteiger partial charge in [-0.25, -0.2) is 0 Å². The minimum atomic E-state index is -0.477. The summed E-state index contributed by atoms with van der Waals surface area (Å²) in [4.78, 5) is 22.1. The molecule has 0 aromatic heterocycles. The second kappa shape index (κ2) is 6.40. The number of carbonyl (C=O) groups excluding carboxylic acids is 2. The quantitative estimate of drug-likeness (QED) is 0.657. The lowest BCUT2D eigenvalue weighted by molar-refractivity contribution is -0.140. The third-order valence-corrected chi connectivity index (χ3v) is 2.02. The van der Waals surface area contributed by atoms with Crippen LogP contribution in [0.15, 0.2) is 0 Å². The second-order valence-corrected chi connectivity index (χ2v) is 3.82. The number of rotatable bonds is 6. The Balaban J connectivity index is 3.72. The summed E-state index contributed by atoms with van der Waals surface area (Å²) in [5.74, 6) is -0.466. The van der Waals surface area contributed by atoms with E-state index in [-0.39, 0.29) is 24.7 Å². The van der Waals surface area contributed by atoms with Gasteiger partial charge in [0.25, 0.3) is 0 Å². The van der Waals surface area contributed by atoms with Gasteiger partial charge in [-0.3, -0.25) is 9.59 Å². The van der Waals surface area contributed by atoms with E-state index in [0.717, 1.165) is 0 Å². The van der Waals surface area contributed by atoms with Crippen LogP contribution in [0.2, 0.25) is 0 Å². The van der Waals surface area contributed by atoms with Crippen LogP contribution in [0.4, 0.5) is 0 Å². The van der Waals surface area contributed by atoms with Crippen molar-refractivity contribution in [3.63, 3.8) is 0 Å². The van der Waals surface area contributed by atoms with E-state index in [1.165, 1.54) is 7.11 Å². The van der Waals surface area contributed by atoms with Crippen LogP contribution in [-0.4, -0.2) is 38.2 Å². The first kappa shape index (κ1) is 13.9. The number of methoxy groups -OCH3 is 2. The average molecular weight is 217 g/mol. The normalized spacial score (nSPS) is 10.9. The van der Waals surface area contributed by atoms with Gasteiger partial charge >= 0.3 is 5.97 Å². The van der Waals surface area contributed by atoms with Crippen molar-refractivity contribution in [1.29, 1.82) is 0 Å². The largest absolute Gasteiger partial charge is 0.469 e.